The van der Waals surface area contributed by atoms with Gasteiger partial charge in [0, 0.05) is 21.9 Å². The molecule has 1 heterocycles. The van der Waals surface area contributed by atoms with E-state index in [4.69, 9.17) is 0 Å². The molecule has 1 nitrogen and oxygen atoms in total. The molecule has 0 aliphatic heterocycles. The summed E-state index contributed by atoms with van der Waals surface area (Å²) in [6.07, 6.45) is 0. The first kappa shape index (κ1) is 15.9. The number of H-pyrrole nitrogens is 1. The van der Waals surface area contributed by atoms with Crippen LogP contribution in [0.1, 0.15) is 11.1 Å². The smallest absolute Gasteiger partial charge is 0.0544 e. The summed E-state index contributed by atoms with van der Waals surface area (Å²) in [4.78, 5) is 3.65. The third-order valence-electron chi connectivity index (χ3n) is 5.36. The van der Waals surface area contributed by atoms with Crippen molar-refractivity contribution in [2.45, 2.75) is 13.8 Å². The normalized spacial score (nSPS) is 11.3. The summed E-state index contributed by atoms with van der Waals surface area (Å²) in [5, 5.41) is 2.55. The highest BCUT2D eigenvalue weighted by Crippen LogP contribution is 2.37. The summed E-state index contributed by atoms with van der Waals surface area (Å²) in [6.45, 7) is 4.26. The molecule has 27 heavy (non-hydrogen) atoms. The highest BCUT2D eigenvalue weighted by atomic mass is 14.7. The molecular formula is C26H21N. The summed E-state index contributed by atoms with van der Waals surface area (Å²) in [6, 6.07) is 30.8. The van der Waals surface area contributed by atoms with E-state index >= 15 is 0 Å². The topological polar surface area (TPSA) is 15.8 Å². The molecule has 1 heteroatoms. The van der Waals surface area contributed by atoms with E-state index in [0.29, 0.717) is 0 Å². The number of hydrogen-bond acceptors (Lipinski definition) is 0. The van der Waals surface area contributed by atoms with Crippen LogP contribution in [0.5, 0.6) is 0 Å². The van der Waals surface area contributed by atoms with Gasteiger partial charge < -0.3 is 4.98 Å². The molecule has 130 valence electrons. The number of aromatic amines is 1. The van der Waals surface area contributed by atoms with Gasteiger partial charge in [-0.1, -0.05) is 77.9 Å². The van der Waals surface area contributed by atoms with Gasteiger partial charge in [-0.05, 0) is 48.7 Å². The van der Waals surface area contributed by atoms with E-state index in [1.807, 2.05) is 0 Å². The van der Waals surface area contributed by atoms with Gasteiger partial charge in [0.2, 0.25) is 0 Å². The van der Waals surface area contributed by atoms with Crippen LogP contribution in [0.15, 0.2) is 84.9 Å². The average molecular weight is 347 g/mol. The fraction of sp³-hybridized carbons (Fsp3) is 0.0769. The van der Waals surface area contributed by atoms with E-state index in [-0.39, 0.29) is 0 Å². The Morgan fingerprint density at radius 2 is 1.19 bits per heavy atom. The Labute approximate surface area is 159 Å². The fourth-order valence-electron chi connectivity index (χ4n) is 3.82. The summed E-state index contributed by atoms with van der Waals surface area (Å²) in [7, 11) is 0. The molecule has 5 rings (SSSR count). The van der Waals surface area contributed by atoms with E-state index in [1.54, 1.807) is 0 Å². The standard InChI is InChI=1S/C26H21N/c1-17-7-11-19(12-8-17)21-15-23(20-13-9-18(2)10-14-20)26-24(16-21)22-5-3-4-6-25(22)27-26/h3-16,27H,1-2H3. The van der Waals surface area contributed by atoms with E-state index in [9.17, 15) is 0 Å². The Bertz CT molecular complexity index is 1260. The van der Waals surface area contributed by atoms with Crippen LogP contribution in [-0.4, -0.2) is 4.98 Å². The van der Waals surface area contributed by atoms with Crippen molar-refractivity contribution in [3.63, 3.8) is 0 Å². The predicted octanol–water partition coefficient (Wildman–Crippen LogP) is 7.27. The second-order valence-corrected chi connectivity index (χ2v) is 7.35. The Kier molecular flexibility index (Phi) is 3.61. The lowest BCUT2D eigenvalue weighted by Gasteiger charge is -2.10. The molecule has 1 aromatic heterocycles. The number of fused-ring (bicyclic) bond motifs is 3. The number of nitrogens with one attached hydrogen (secondary N) is 1. The maximum absolute atomic E-state index is 3.65. The molecule has 0 fully saturated rings. The van der Waals surface area contributed by atoms with Crippen molar-refractivity contribution in [2.75, 3.05) is 0 Å². The molecule has 4 aromatic carbocycles. The quantitative estimate of drug-likeness (QED) is 0.345. The zero-order valence-electron chi connectivity index (χ0n) is 15.6. The number of hydrogen-bond donors (Lipinski definition) is 1. The number of benzene rings is 4. The molecule has 0 amide bonds. The van der Waals surface area contributed by atoms with Crippen LogP contribution in [0.3, 0.4) is 0 Å². The van der Waals surface area contributed by atoms with Crippen molar-refractivity contribution < 1.29 is 0 Å². The predicted molar refractivity (Wildman–Crippen MR) is 116 cm³/mol. The van der Waals surface area contributed by atoms with Crippen molar-refractivity contribution >= 4 is 21.8 Å². The summed E-state index contributed by atoms with van der Waals surface area (Å²) >= 11 is 0. The highest BCUT2D eigenvalue weighted by Gasteiger charge is 2.12. The van der Waals surface area contributed by atoms with Crippen molar-refractivity contribution in [3.8, 4) is 22.3 Å². The molecule has 0 saturated carbocycles. The molecule has 1 N–H and O–H groups in total. The van der Waals surface area contributed by atoms with Crippen molar-refractivity contribution in [1.82, 2.24) is 4.98 Å². The van der Waals surface area contributed by atoms with Gasteiger partial charge in [0.05, 0.1) is 5.52 Å². The van der Waals surface area contributed by atoms with Crippen molar-refractivity contribution in [3.05, 3.63) is 96.1 Å². The summed E-state index contributed by atoms with van der Waals surface area (Å²) < 4.78 is 0. The molecule has 0 aliphatic rings. The largest absolute Gasteiger partial charge is 0.354 e. The second-order valence-electron chi connectivity index (χ2n) is 7.35. The van der Waals surface area contributed by atoms with E-state index in [2.05, 4.69) is 104 Å². The van der Waals surface area contributed by atoms with E-state index in [0.717, 1.165) is 0 Å². The molecule has 0 aliphatic carbocycles. The SMILES string of the molecule is Cc1ccc(-c2cc(-c3ccc(C)cc3)c3[nH]c4ccccc4c3c2)cc1. The van der Waals surface area contributed by atoms with Crippen LogP contribution < -0.4 is 0 Å². The van der Waals surface area contributed by atoms with Gasteiger partial charge in [0.25, 0.3) is 0 Å². The Morgan fingerprint density at radius 3 is 1.89 bits per heavy atom. The molecule has 0 radical (unpaired) electrons. The summed E-state index contributed by atoms with van der Waals surface area (Å²) in [5.41, 5.74) is 9.94. The lowest BCUT2D eigenvalue weighted by atomic mass is 9.95. The first-order chi connectivity index (χ1) is 13.2. The van der Waals surface area contributed by atoms with Gasteiger partial charge in [-0.3, -0.25) is 0 Å². The second kappa shape index (κ2) is 6.14. The summed E-state index contributed by atoms with van der Waals surface area (Å²) in [5.74, 6) is 0. The van der Waals surface area contributed by atoms with Crippen LogP contribution in [0.4, 0.5) is 0 Å². The minimum absolute atomic E-state index is 1.18. The van der Waals surface area contributed by atoms with E-state index < -0.39 is 0 Å². The fourth-order valence-corrected chi connectivity index (χ4v) is 3.82. The third kappa shape index (κ3) is 2.72. The highest BCUT2D eigenvalue weighted by molar-refractivity contribution is 6.13. The molecule has 5 aromatic rings. The zero-order valence-corrected chi connectivity index (χ0v) is 15.6. The van der Waals surface area contributed by atoms with Crippen molar-refractivity contribution in [2.24, 2.45) is 0 Å². The van der Waals surface area contributed by atoms with Gasteiger partial charge >= 0.3 is 0 Å². The molecular weight excluding hydrogens is 326 g/mol. The van der Waals surface area contributed by atoms with Crippen LogP contribution in [0.25, 0.3) is 44.1 Å². The maximum Gasteiger partial charge on any atom is 0.0544 e. The van der Waals surface area contributed by atoms with Crippen LogP contribution in [0, 0.1) is 13.8 Å². The van der Waals surface area contributed by atoms with Crippen LogP contribution in [-0.2, 0) is 0 Å². The lowest BCUT2D eigenvalue weighted by Crippen LogP contribution is -1.85. The van der Waals surface area contributed by atoms with Gasteiger partial charge in [0.15, 0.2) is 0 Å². The Balaban J connectivity index is 1.85. The van der Waals surface area contributed by atoms with Crippen molar-refractivity contribution in [1.29, 1.82) is 0 Å². The maximum atomic E-state index is 3.65. The third-order valence-corrected chi connectivity index (χ3v) is 5.36. The number of aryl methyl sites for hydroxylation is 2. The molecule has 0 unspecified atom stereocenters. The first-order valence-corrected chi connectivity index (χ1v) is 9.37. The molecule has 0 spiro atoms. The minimum Gasteiger partial charge on any atom is -0.354 e. The average Bonchev–Trinajstić information content (AvgIpc) is 3.07. The van der Waals surface area contributed by atoms with Gasteiger partial charge in [0.1, 0.15) is 0 Å². The monoisotopic (exact) mass is 347 g/mol. The van der Waals surface area contributed by atoms with Crippen LogP contribution >= 0.6 is 0 Å². The Morgan fingerprint density at radius 1 is 0.556 bits per heavy atom. The van der Waals surface area contributed by atoms with Gasteiger partial charge in [-0.2, -0.15) is 0 Å². The molecule has 0 atom stereocenters. The van der Waals surface area contributed by atoms with E-state index in [1.165, 1.54) is 55.2 Å². The Hall–Kier alpha value is -3.32. The number of rotatable bonds is 2. The zero-order chi connectivity index (χ0) is 18.4. The van der Waals surface area contributed by atoms with Gasteiger partial charge in [-0.15, -0.1) is 0 Å². The first-order valence-electron chi connectivity index (χ1n) is 9.37. The van der Waals surface area contributed by atoms with Crippen LogP contribution in [0.2, 0.25) is 0 Å². The molecule has 0 bridgehead atoms. The number of para-hydroxylation sites is 1. The minimum atomic E-state index is 1.18. The number of aromatic nitrogens is 1. The lowest BCUT2D eigenvalue weighted by molar-refractivity contribution is 1.46. The molecule has 0 saturated heterocycles. The van der Waals surface area contributed by atoms with Gasteiger partial charge in [-0.25, -0.2) is 0 Å².